The number of allylic oxidation sites excluding steroid dienone is 1. The summed E-state index contributed by atoms with van der Waals surface area (Å²) in [5, 5.41) is 17.2. The molecule has 0 saturated heterocycles. The van der Waals surface area contributed by atoms with Crippen molar-refractivity contribution in [1.29, 1.82) is 5.26 Å². The van der Waals surface area contributed by atoms with Crippen molar-refractivity contribution < 1.29 is 18.9 Å². The van der Waals surface area contributed by atoms with Crippen molar-refractivity contribution in [3.63, 3.8) is 0 Å². The second-order valence-corrected chi connectivity index (χ2v) is 6.62. The lowest BCUT2D eigenvalue weighted by molar-refractivity contribution is 0.377. The van der Waals surface area contributed by atoms with Gasteiger partial charge in [0.2, 0.25) is 11.8 Å². The first kappa shape index (κ1) is 19.2. The molecule has 1 aliphatic rings. The minimum absolute atomic E-state index is 0.0143. The van der Waals surface area contributed by atoms with E-state index in [1.165, 1.54) is 0 Å². The van der Waals surface area contributed by atoms with Crippen molar-refractivity contribution >= 4 is 0 Å². The summed E-state index contributed by atoms with van der Waals surface area (Å²) in [5.41, 5.74) is 9.35. The summed E-state index contributed by atoms with van der Waals surface area (Å²) in [4.78, 5) is 0. The van der Waals surface area contributed by atoms with Gasteiger partial charge in [-0.3, -0.25) is 5.10 Å². The number of benzene rings is 2. The average Bonchev–Trinajstić information content (AvgIpc) is 3.20. The molecule has 8 heteroatoms. The number of aromatic nitrogens is 2. The first-order chi connectivity index (χ1) is 14.6. The first-order valence-electron chi connectivity index (χ1n) is 9.12. The lowest BCUT2D eigenvalue weighted by atomic mass is 9.83. The summed E-state index contributed by atoms with van der Waals surface area (Å²) in [6.45, 7) is 0. The van der Waals surface area contributed by atoms with E-state index in [2.05, 4.69) is 16.3 Å². The van der Waals surface area contributed by atoms with E-state index in [9.17, 15) is 5.26 Å². The third kappa shape index (κ3) is 3.16. The summed E-state index contributed by atoms with van der Waals surface area (Å²) in [5.74, 6) is 1.70. The molecule has 1 aliphatic heterocycles. The zero-order valence-electron chi connectivity index (χ0n) is 16.7. The second-order valence-electron chi connectivity index (χ2n) is 6.62. The fraction of sp³-hybridized carbons (Fsp3) is 0.182. The highest BCUT2D eigenvalue weighted by molar-refractivity contribution is 5.72. The summed E-state index contributed by atoms with van der Waals surface area (Å²) >= 11 is 0. The molecule has 4 rings (SSSR count). The third-order valence-corrected chi connectivity index (χ3v) is 5.00. The van der Waals surface area contributed by atoms with E-state index in [1.807, 2.05) is 36.4 Å². The number of methoxy groups -OCH3 is 3. The molecular weight excluding hydrogens is 384 g/mol. The summed E-state index contributed by atoms with van der Waals surface area (Å²) in [6.07, 6.45) is 0. The maximum Gasteiger partial charge on any atom is 0.244 e. The zero-order chi connectivity index (χ0) is 21.3. The number of nitrogens with zero attached hydrogens (tertiary/aromatic N) is 2. The topological polar surface area (TPSA) is 115 Å². The number of rotatable bonds is 5. The van der Waals surface area contributed by atoms with Crippen molar-refractivity contribution in [2.45, 2.75) is 5.92 Å². The number of hydrogen-bond acceptors (Lipinski definition) is 7. The monoisotopic (exact) mass is 404 g/mol. The van der Waals surface area contributed by atoms with Crippen molar-refractivity contribution in [2.75, 3.05) is 21.3 Å². The molecule has 0 unspecified atom stereocenters. The van der Waals surface area contributed by atoms with E-state index in [1.54, 1.807) is 27.4 Å². The highest BCUT2D eigenvalue weighted by atomic mass is 16.5. The smallest absolute Gasteiger partial charge is 0.244 e. The van der Waals surface area contributed by atoms with Crippen molar-refractivity contribution in [1.82, 2.24) is 10.2 Å². The summed E-state index contributed by atoms with van der Waals surface area (Å²) in [6, 6.07) is 15.2. The maximum atomic E-state index is 9.87. The minimum atomic E-state index is -0.525. The molecule has 3 N–H and O–H groups in total. The predicted octanol–water partition coefficient (Wildman–Crippen LogP) is 3.32. The molecule has 0 amide bonds. The Morgan fingerprint density at radius 3 is 2.37 bits per heavy atom. The number of nitrogens with two attached hydrogens (primary N) is 1. The molecule has 0 saturated carbocycles. The Bertz CT molecular complexity index is 1150. The van der Waals surface area contributed by atoms with Gasteiger partial charge >= 0.3 is 0 Å². The van der Waals surface area contributed by atoms with Crippen molar-refractivity contribution in [3.8, 4) is 40.5 Å². The van der Waals surface area contributed by atoms with Gasteiger partial charge in [0, 0.05) is 11.6 Å². The summed E-state index contributed by atoms with van der Waals surface area (Å²) in [7, 11) is 4.75. The van der Waals surface area contributed by atoms with Crippen molar-refractivity contribution in [3.05, 3.63) is 65.0 Å². The number of fused-ring (bicyclic) bond motifs is 1. The van der Waals surface area contributed by atoms with Crippen LogP contribution in [0.4, 0.5) is 0 Å². The normalized spacial score (nSPS) is 15.1. The quantitative estimate of drug-likeness (QED) is 0.670. The maximum absolute atomic E-state index is 9.87. The highest BCUT2D eigenvalue weighted by Crippen LogP contribution is 2.47. The molecule has 2 heterocycles. The van der Waals surface area contributed by atoms with Crippen LogP contribution in [0.5, 0.6) is 23.1 Å². The van der Waals surface area contributed by atoms with Gasteiger partial charge < -0.3 is 24.7 Å². The van der Waals surface area contributed by atoms with Crippen LogP contribution in [0.15, 0.2) is 53.9 Å². The van der Waals surface area contributed by atoms with Gasteiger partial charge in [-0.1, -0.05) is 12.1 Å². The predicted molar refractivity (Wildman–Crippen MR) is 109 cm³/mol. The van der Waals surface area contributed by atoms with Gasteiger partial charge in [0.1, 0.15) is 28.9 Å². The molecule has 2 aromatic carbocycles. The standard InChI is InChI=1S/C22H20N4O4/c1-27-14-6-4-5-12(7-14)20-19-18(13-8-15(28-2)10-16(9-13)29-3)17(11-23)21(24)30-22(19)26-25-20/h4-10,18H,24H2,1-3H3,(H,25,26)/t18-/m1/s1. The van der Waals surface area contributed by atoms with Crippen molar-refractivity contribution in [2.24, 2.45) is 5.73 Å². The Kier molecular flexibility index (Phi) is 4.94. The largest absolute Gasteiger partial charge is 0.497 e. The van der Waals surface area contributed by atoms with Gasteiger partial charge in [0.15, 0.2) is 0 Å². The second kappa shape index (κ2) is 7.72. The van der Waals surface area contributed by atoms with Gasteiger partial charge in [0.05, 0.1) is 38.5 Å². The lowest BCUT2D eigenvalue weighted by Crippen LogP contribution is -2.21. The van der Waals surface area contributed by atoms with Crippen LogP contribution in [-0.4, -0.2) is 31.5 Å². The SMILES string of the molecule is COc1cccc(-c2[nH]nc3c2[C@H](c2cc(OC)cc(OC)c2)C(C#N)=C(N)O3)c1. The van der Waals surface area contributed by atoms with Gasteiger partial charge in [-0.2, -0.15) is 5.26 Å². The number of H-pyrrole nitrogens is 1. The Morgan fingerprint density at radius 1 is 1.03 bits per heavy atom. The molecule has 0 aliphatic carbocycles. The molecule has 0 fully saturated rings. The summed E-state index contributed by atoms with van der Waals surface area (Å²) < 4.78 is 21.8. The van der Waals surface area contributed by atoms with Crippen LogP contribution in [0.3, 0.4) is 0 Å². The van der Waals surface area contributed by atoms with Crippen LogP contribution in [0.25, 0.3) is 11.3 Å². The number of nitriles is 1. The molecule has 0 radical (unpaired) electrons. The Hall–Kier alpha value is -4.12. The fourth-order valence-corrected chi connectivity index (χ4v) is 3.57. The van der Waals surface area contributed by atoms with Crippen LogP contribution in [0.2, 0.25) is 0 Å². The molecule has 0 bridgehead atoms. The van der Waals surface area contributed by atoms with E-state index in [-0.39, 0.29) is 11.5 Å². The molecule has 152 valence electrons. The molecule has 1 aromatic heterocycles. The number of aromatic amines is 1. The Balaban J connectivity index is 1.96. The van der Waals surface area contributed by atoms with Gasteiger partial charge in [-0.05, 0) is 29.8 Å². The number of ether oxygens (including phenoxy) is 4. The molecule has 8 nitrogen and oxygen atoms in total. The third-order valence-electron chi connectivity index (χ3n) is 5.00. The van der Waals surface area contributed by atoms with E-state index in [0.717, 1.165) is 11.1 Å². The molecule has 3 aromatic rings. The fourth-order valence-electron chi connectivity index (χ4n) is 3.57. The van der Waals surface area contributed by atoms with Gasteiger partial charge in [-0.25, -0.2) is 0 Å². The first-order valence-corrected chi connectivity index (χ1v) is 9.12. The lowest BCUT2D eigenvalue weighted by Gasteiger charge is -2.24. The minimum Gasteiger partial charge on any atom is -0.497 e. The number of nitrogens with one attached hydrogen (secondary N) is 1. The van der Waals surface area contributed by atoms with Crippen LogP contribution >= 0.6 is 0 Å². The van der Waals surface area contributed by atoms with E-state index in [4.69, 9.17) is 24.7 Å². The van der Waals surface area contributed by atoms with Crippen LogP contribution in [-0.2, 0) is 0 Å². The average molecular weight is 404 g/mol. The van der Waals surface area contributed by atoms with E-state index >= 15 is 0 Å². The van der Waals surface area contributed by atoms with Gasteiger partial charge in [-0.15, -0.1) is 5.10 Å². The Labute approximate surface area is 173 Å². The van der Waals surface area contributed by atoms with Crippen LogP contribution in [0, 0.1) is 11.3 Å². The molecule has 0 spiro atoms. The zero-order valence-corrected chi connectivity index (χ0v) is 16.7. The van der Waals surface area contributed by atoms with Crippen LogP contribution in [0.1, 0.15) is 17.0 Å². The van der Waals surface area contributed by atoms with E-state index < -0.39 is 5.92 Å². The Morgan fingerprint density at radius 2 is 1.73 bits per heavy atom. The van der Waals surface area contributed by atoms with E-state index in [0.29, 0.717) is 34.4 Å². The number of hydrogen-bond donors (Lipinski definition) is 2. The van der Waals surface area contributed by atoms with Crippen LogP contribution < -0.4 is 24.7 Å². The highest BCUT2D eigenvalue weighted by Gasteiger charge is 2.36. The molecule has 1 atom stereocenters. The van der Waals surface area contributed by atoms with Gasteiger partial charge in [0.25, 0.3) is 0 Å². The molecule has 30 heavy (non-hydrogen) atoms. The molecular formula is C22H20N4O4.